The molecule has 2 aliphatic rings. The second-order valence-electron chi connectivity index (χ2n) is 6.77. The van der Waals surface area contributed by atoms with Gasteiger partial charge in [0.25, 0.3) is 10.0 Å². The Bertz CT molecular complexity index is 1160. The van der Waals surface area contributed by atoms with Crippen LogP contribution in [-0.2, 0) is 10.0 Å². The molecule has 0 saturated carbocycles. The number of allylic oxidation sites excluding steroid dienone is 1. The van der Waals surface area contributed by atoms with Gasteiger partial charge in [-0.3, -0.25) is 0 Å². The van der Waals surface area contributed by atoms with Gasteiger partial charge in [0.15, 0.2) is 0 Å². The van der Waals surface area contributed by atoms with E-state index in [9.17, 15) is 13.7 Å². The molecule has 0 atom stereocenters. The summed E-state index contributed by atoms with van der Waals surface area (Å²) in [6, 6.07) is 16.8. The summed E-state index contributed by atoms with van der Waals surface area (Å²) in [5.74, 6) is 0.669. The van der Waals surface area contributed by atoms with Crippen molar-refractivity contribution in [1.29, 1.82) is 5.26 Å². The fourth-order valence-corrected chi connectivity index (χ4v) is 4.95. The Labute approximate surface area is 165 Å². The SMILES string of the molecule is CCCCN1/C(=C(/C#N)C2=NS(=O)(=O)c3ccccc32)N(C)c2ccccc21. The number of fused-ring (bicyclic) bond motifs is 2. The lowest BCUT2D eigenvalue weighted by Crippen LogP contribution is -2.30. The second-order valence-corrected chi connectivity index (χ2v) is 8.35. The fourth-order valence-electron chi connectivity index (χ4n) is 3.73. The lowest BCUT2D eigenvalue weighted by atomic mass is 10.0. The van der Waals surface area contributed by atoms with Crippen LogP contribution in [0.3, 0.4) is 0 Å². The van der Waals surface area contributed by atoms with E-state index >= 15 is 0 Å². The Morgan fingerprint density at radius 2 is 1.79 bits per heavy atom. The monoisotopic (exact) mass is 392 g/mol. The predicted octanol–water partition coefficient (Wildman–Crippen LogP) is 3.67. The Hall–Kier alpha value is -3.11. The van der Waals surface area contributed by atoms with Crippen LogP contribution in [0.2, 0.25) is 0 Å². The number of benzene rings is 2. The van der Waals surface area contributed by atoms with E-state index in [1.54, 1.807) is 18.2 Å². The smallest absolute Gasteiger partial charge is 0.283 e. The molecule has 2 aromatic carbocycles. The van der Waals surface area contributed by atoms with Crippen LogP contribution in [0.4, 0.5) is 11.4 Å². The maximum atomic E-state index is 12.5. The van der Waals surface area contributed by atoms with Gasteiger partial charge in [0.1, 0.15) is 23.2 Å². The van der Waals surface area contributed by atoms with Gasteiger partial charge in [-0.05, 0) is 24.6 Å². The molecule has 0 amide bonds. The summed E-state index contributed by atoms with van der Waals surface area (Å²) in [6.07, 6.45) is 1.96. The molecular weight excluding hydrogens is 372 g/mol. The van der Waals surface area contributed by atoms with Gasteiger partial charge in [0.2, 0.25) is 0 Å². The van der Waals surface area contributed by atoms with Gasteiger partial charge in [-0.25, -0.2) is 0 Å². The third-order valence-corrected chi connectivity index (χ3v) is 6.38. The number of nitriles is 1. The van der Waals surface area contributed by atoms with Crippen molar-refractivity contribution in [3.05, 3.63) is 65.5 Å². The van der Waals surface area contributed by atoms with E-state index < -0.39 is 10.0 Å². The first-order valence-corrected chi connectivity index (χ1v) is 10.6. The van der Waals surface area contributed by atoms with E-state index in [0.717, 1.165) is 30.8 Å². The molecule has 142 valence electrons. The van der Waals surface area contributed by atoms with E-state index in [2.05, 4.69) is 22.3 Å². The molecule has 0 saturated heterocycles. The zero-order valence-electron chi connectivity index (χ0n) is 15.8. The van der Waals surface area contributed by atoms with Gasteiger partial charge >= 0.3 is 0 Å². The van der Waals surface area contributed by atoms with Crippen LogP contribution in [0.1, 0.15) is 25.3 Å². The average Bonchev–Trinajstić information content (AvgIpc) is 3.13. The molecule has 6 nitrogen and oxygen atoms in total. The molecule has 0 fully saturated rings. The van der Waals surface area contributed by atoms with Crippen molar-refractivity contribution in [3.8, 4) is 6.07 Å². The lowest BCUT2D eigenvalue weighted by Gasteiger charge is -2.24. The van der Waals surface area contributed by atoms with Crippen LogP contribution >= 0.6 is 0 Å². The predicted molar refractivity (Wildman–Crippen MR) is 110 cm³/mol. The summed E-state index contributed by atoms with van der Waals surface area (Å²) in [6.45, 7) is 2.85. The lowest BCUT2D eigenvalue weighted by molar-refractivity contribution is 0.599. The van der Waals surface area contributed by atoms with Crippen LogP contribution in [0, 0.1) is 11.3 Å². The number of hydrogen-bond donors (Lipinski definition) is 0. The first kappa shape index (κ1) is 18.3. The largest absolute Gasteiger partial charge is 0.328 e. The zero-order valence-corrected chi connectivity index (χ0v) is 16.6. The van der Waals surface area contributed by atoms with Gasteiger partial charge in [-0.2, -0.15) is 18.1 Å². The minimum absolute atomic E-state index is 0.150. The summed E-state index contributed by atoms with van der Waals surface area (Å²) in [7, 11) is -1.90. The van der Waals surface area contributed by atoms with Crippen LogP contribution in [0.5, 0.6) is 0 Å². The van der Waals surface area contributed by atoms with E-state index in [0.29, 0.717) is 11.4 Å². The molecule has 2 aliphatic heterocycles. The number of unbranched alkanes of at least 4 members (excludes halogenated alkanes) is 1. The minimum Gasteiger partial charge on any atom is -0.328 e. The summed E-state index contributed by atoms with van der Waals surface area (Å²) in [5.41, 5.74) is 2.95. The summed E-state index contributed by atoms with van der Waals surface area (Å²) in [4.78, 5) is 4.18. The van der Waals surface area contributed by atoms with Crippen molar-refractivity contribution in [3.63, 3.8) is 0 Å². The van der Waals surface area contributed by atoms with Crippen molar-refractivity contribution < 1.29 is 8.42 Å². The van der Waals surface area contributed by atoms with Gasteiger partial charge in [0, 0.05) is 19.2 Å². The first-order chi connectivity index (χ1) is 13.5. The van der Waals surface area contributed by atoms with Gasteiger partial charge in [-0.1, -0.05) is 43.7 Å². The second kappa shape index (κ2) is 6.80. The molecule has 2 heterocycles. The number of anilines is 2. The fraction of sp³-hybridized carbons (Fsp3) is 0.238. The van der Waals surface area contributed by atoms with E-state index in [4.69, 9.17) is 0 Å². The van der Waals surface area contributed by atoms with Crippen LogP contribution < -0.4 is 9.80 Å². The van der Waals surface area contributed by atoms with Crippen LogP contribution in [-0.4, -0.2) is 27.7 Å². The van der Waals surface area contributed by atoms with E-state index in [1.807, 2.05) is 36.2 Å². The average molecular weight is 392 g/mol. The van der Waals surface area contributed by atoms with Crippen molar-refractivity contribution in [2.24, 2.45) is 4.40 Å². The minimum atomic E-state index is -3.79. The Kier molecular flexibility index (Phi) is 4.44. The number of para-hydroxylation sites is 2. The van der Waals surface area contributed by atoms with Crippen molar-refractivity contribution in [1.82, 2.24) is 0 Å². The number of nitrogens with zero attached hydrogens (tertiary/aromatic N) is 4. The first-order valence-electron chi connectivity index (χ1n) is 9.19. The van der Waals surface area contributed by atoms with Crippen molar-refractivity contribution >= 4 is 27.1 Å². The van der Waals surface area contributed by atoms with Crippen LogP contribution in [0.25, 0.3) is 0 Å². The van der Waals surface area contributed by atoms with Crippen LogP contribution in [0.15, 0.2) is 69.2 Å². The molecule has 0 spiro atoms. The van der Waals surface area contributed by atoms with Gasteiger partial charge in [-0.15, -0.1) is 0 Å². The molecule has 0 aromatic heterocycles. The molecule has 2 aromatic rings. The maximum absolute atomic E-state index is 12.5. The van der Waals surface area contributed by atoms with E-state index in [-0.39, 0.29) is 16.2 Å². The molecule has 0 unspecified atom stereocenters. The molecule has 7 heteroatoms. The topological polar surface area (TPSA) is 76.8 Å². The van der Waals surface area contributed by atoms with Gasteiger partial charge in [0.05, 0.1) is 16.3 Å². The number of rotatable bonds is 4. The molecule has 4 rings (SSSR count). The Morgan fingerprint density at radius 3 is 2.50 bits per heavy atom. The highest BCUT2D eigenvalue weighted by atomic mass is 32.2. The summed E-state index contributed by atoms with van der Waals surface area (Å²) in [5, 5.41) is 10.0. The van der Waals surface area contributed by atoms with Crippen molar-refractivity contribution in [2.75, 3.05) is 23.4 Å². The molecule has 0 N–H and O–H groups in total. The zero-order chi connectivity index (χ0) is 19.9. The highest BCUT2D eigenvalue weighted by Crippen LogP contribution is 2.43. The molecule has 0 aliphatic carbocycles. The molecule has 0 radical (unpaired) electrons. The molecule has 0 bridgehead atoms. The number of hydrogen-bond acceptors (Lipinski definition) is 5. The third-order valence-electron chi connectivity index (χ3n) is 5.05. The van der Waals surface area contributed by atoms with Gasteiger partial charge < -0.3 is 9.80 Å². The maximum Gasteiger partial charge on any atom is 0.283 e. The number of sulfonamides is 1. The molecular formula is C21H20N4O2S. The molecule has 28 heavy (non-hydrogen) atoms. The van der Waals surface area contributed by atoms with Crippen molar-refractivity contribution in [2.45, 2.75) is 24.7 Å². The third kappa shape index (κ3) is 2.69. The summed E-state index contributed by atoms with van der Waals surface area (Å²) >= 11 is 0. The highest BCUT2D eigenvalue weighted by molar-refractivity contribution is 7.90. The standard InChI is InChI=1S/C21H20N4O2S/c1-3-4-13-25-18-11-7-6-10-17(18)24(2)21(25)16(14-22)20-15-9-5-8-12-19(15)28(26,27)23-20/h5-12H,3-4,13H2,1-2H3/b21-16-. The summed E-state index contributed by atoms with van der Waals surface area (Å²) < 4.78 is 29.0. The highest BCUT2D eigenvalue weighted by Gasteiger charge is 2.37. The Morgan fingerprint density at radius 1 is 1.11 bits per heavy atom. The van der Waals surface area contributed by atoms with E-state index in [1.165, 1.54) is 6.07 Å². The Balaban J connectivity index is 1.95. The normalized spacial score (nSPS) is 18.4. The quantitative estimate of drug-likeness (QED) is 0.742.